The van der Waals surface area contributed by atoms with E-state index in [1.54, 1.807) is 4.90 Å². The molecule has 0 atom stereocenters. The van der Waals surface area contributed by atoms with Gasteiger partial charge in [-0.3, -0.25) is 0 Å². The zero-order chi connectivity index (χ0) is 13.9. The van der Waals surface area contributed by atoms with Gasteiger partial charge in [-0.05, 0) is 19.1 Å². The fourth-order valence-corrected chi connectivity index (χ4v) is 2.68. The summed E-state index contributed by atoms with van der Waals surface area (Å²) in [5, 5.41) is 1.22. The van der Waals surface area contributed by atoms with Crippen LogP contribution in [0.15, 0.2) is 30.5 Å². The largest absolute Gasteiger partial charge is 0.450 e. The molecular formula is C15H19N3O2. The van der Waals surface area contributed by atoms with Crippen molar-refractivity contribution in [2.24, 2.45) is 0 Å². The number of ether oxygens (including phenoxy) is 1. The molecule has 1 amide bonds. The second kappa shape index (κ2) is 5.45. The van der Waals surface area contributed by atoms with Crippen LogP contribution >= 0.6 is 0 Å². The fourth-order valence-electron chi connectivity index (χ4n) is 2.68. The Bertz CT molecular complexity index is 600. The van der Waals surface area contributed by atoms with Crippen LogP contribution in [0.1, 0.15) is 6.92 Å². The molecule has 2 heterocycles. The van der Waals surface area contributed by atoms with Crippen LogP contribution in [-0.2, 0) is 4.74 Å². The zero-order valence-electron chi connectivity index (χ0n) is 11.6. The molecule has 0 unspecified atom stereocenters. The van der Waals surface area contributed by atoms with Gasteiger partial charge in [-0.2, -0.15) is 0 Å². The molecule has 1 N–H and O–H groups in total. The first kappa shape index (κ1) is 12.8. The highest BCUT2D eigenvalue weighted by Gasteiger charge is 2.22. The van der Waals surface area contributed by atoms with Gasteiger partial charge in [0.2, 0.25) is 0 Å². The summed E-state index contributed by atoms with van der Waals surface area (Å²) in [6, 6.07) is 8.37. The molecule has 1 aromatic carbocycles. The van der Waals surface area contributed by atoms with Crippen LogP contribution in [0.5, 0.6) is 0 Å². The lowest BCUT2D eigenvalue weighted by molar-refractivity contribution is 0.105. The number of carbonyl (C=O) groups is 1. The molecule has 3 rings (SSSR count). The molecule has 0 spiro atoms. The highest BCUT2D eigenvalue weighted by Crippen LogP contribution is 2.26. The summed E-state index contributed by atoms with van der Waals surface area (Å²) >= 11 is 0. The molecule has 0 saturated carbocycles. The summed E-state index contributed by atoms with van der Waals surface area (Å²) in [6.07, 6.45) is 1.76. The number of piperazine rings is 1. The monoisotopic (exact) mass is 273 g/mol. The van der Waals surface area contributed by atoms with E-state index < -0.39 is 0 Å². The molecule has 0 radical (unpaired) electrons. The summed E-state index contributed by atoms with van der Waals surface area (Å²) in [5.74, 6) is 0. The Morgan fingerprint density at radius 2 is 2.05 bits per heavy atom. The van der Waals surface area contributed by atoms with E-state index in [9.17, 15) is 4.79 Å². The summed E-state index contributed by atoms with van der Waals surface area (Å²) in [6.45, 7) is 5.33. The van der Waals surface area contributed by atoms with E-state index in [0.29, 0.717) is 19.7 Å². The number of hydrogen-bond acceptors (Lipinski definition) is 3. The van der Waals surface area contributed by atoms with Crippen LogP contribution in [0.3, 0.4) is 0 Å². The van der Waals surface area contributed by atoms with E-state index in [1.165, 1.54) is 11.1 Å². The van der Waals surface area contributed by atoms with Crippen molar-refractivity contribution in [3.8, 4) is 0 Å². The predicted molar refractivity (Wildman–Crippen MR) is 79.1 cm³/mol. The number of H-pyrrole nitrogens is 1. The molecular weight excluding hydrogens is 254 g/mol. The van der Waals surface area contributed by atoms with Crippen molar-refractivity contribution < 1.29 is 9.53 Å². The van der Waals surface area contributed by atoms with Crippen molar-refractivity contribution in [1.82, 2.24) is 9.88 Å². The molecule has 5 nitrogen and oxygen atoms in total. The van der Waals surface area contributed by atoms with E-state index in [1.807, 2.05) is 13.1 Å². The third-order valence-corrected chi connectivity index (χ3v) is 3.71. The number of nitrogens with zero attached hydrogens (tertiary/aromatic N) is 2. The zero-order valence-corrected chi connectivity index (χ0v) is 11.6. The maximum absolute atomic E-state index is 11.7. The molecule has 0 aliphatic carbocycles. The van der Waals surface area contributed by atoms with Gasteiger partial charge in [-0.1, -0.05) is 12.1 Å². The Balaban J connectivity index is 1.72. The van der Waals surface area contributed by atoms with E-state index >= 15 is 0 Å². The van der Waals surface area contributed by atoms with Crippen molar-refractivity contribution in [3.63, 3.8) is 0 Å². The number of hydrogen-bond donors (Lipinski definition) is 1. The lowest BCUT2D eigenvalue weighted by Crippen LogP contribution is -2.49. The SMILES string of the molecule is CCOC(=O)N1CCN(c2cccc3cc[nH]c23)CC1. The average Bonchev–Trinajstić information content (AvgIpc) is 2.96. The Hall–Kier alpha value is -2.17. The van der Waals surface area contributed by atoms with Crippen molar-refractivity contribution in [2.75, 3.05) is 37.7 Å². The lowest BCUT2D eigenvalue weighted by Gasteiger charge is -2.35. The van der Waals surface area contributed by atoms with Gasteiger partial charge in [0.1, 0.15) is 0 Å². The van der Waals surface area contributed by atoms with E-state index in [2.05, 4.69) is 34.1 Å². The number of aromatic amines is 1. The third kappa shape index (κ3) is 2.31. The number of rotatable bonds is 2. The number of anilines is 1. The molecule has 1 fully saturated rings. The second-order valence-electron chi connectivity index (χ2n) is 4.89. The highest BCUT2D eigenvalue weighted by molar-refractivity contribution is 5.91. The molecule has 106 valence electrons. The summed E-state index contributed by atoms with van der Waals surface area (Å²) in [7, 11) is 0. The smallest absolute Gasteiger partial charge is 0.409 e. The molecule has 1 saturated heterocycles. The van der Waals surface area contributed by atoms with Gasteiger partial charge >= 0.3 is 6.09 Å². The van der Waals surface area contributed by atoms with Gasteiger partial charge < -0.3 is 19.5 Å². The van der Waals surface area contributed by atoms with Crippen molar-refractivity contribution in [3.05, 3.63) is 30.5 Å². The molecule has 2 aromatic rings. The van der Waals surface area contributed by atoms with Gasteiger partial charge in [-0.15, -0.1) is 0 Å². The molecule has 20 heavy (non-hydrogen) atoms. The Morgan fingerprint density at radius 3 is 2.80 bits per heavy atom. The topological polar surface area (TPSA) is 48.6 Å². The minimum Gasteiger partial charge on any atom is -0.450 e. The standard InChI is InChI=1S/C15H19N3O2/c1-2-20-15(19)18-10-8-17(9-11-18)13-5-3-4-12-6-7-16-14(12)13/h3-7,16H,2,8-11H2,1H3. The number of aromatic nitrogens is 1. The van der Waals surface area contributed by atoms with Crippen LogP contribution in [0.25, 0.3) is 10.9 Å². The maximum Gasteiger partial charge on any atom is 0.409 e. The molecule has 1 aromatic heterocycles. The number of benzene rings is 1. The lowest BCUT2D eigenvalue weighted by atomic mass is 10.2. The van der Waals surface area contributed by atoms with Gasteiger partial charge in [0.05, 0.1) is 17.8 Å². The molecule has 5 heteroatoms. The number of amides is 1. The fraction of sp³-hybridized carbons (Fsp3) is 0.400. The summed E-state index contributed by atoms with van der Waals surface area (Å²) in [4.78, 5) is 19.1. The number of carbonyl (C=O) groups excluding carboxylic acids is 1. The Kier molecular flexibility index (Phi) is 3.50. The minimum atomic E-state index is -0.203. The second-order valence-corrected chi connectivity index (χ2v) is 4.89. The van der Waals surface area contributed by atoms with Crippen LogP contribution in [0, 0.1) is 0 Å². The quantitative estimate of drug-likeness (QED) is 0.914. The maximum atomic E-state index is 11.7. The summed E-state index contributed by atoms with van der Waals surface area (Å²) in [5.41, 5.74) is 2.37. The molecule has 1 aliphatic rings. The number of fused-ring (bicyclic) bond motifs is 1. The average molecular weight is 273 g/mol. The first-order valence-corrected chi connectivity index (χ1v) is 7.02. The third-order valence-electron chi connectivity index (χ3n) is 3.71. The van der Waals surface area contributed by atoms with Crippen molar-refractivity contribution in [1.29, 1.82) is 0 Å². The number of nitrogens with one attached hydrogen (secondary N) is 1. The van der Waals surface area contributed by atoms with Crippen LogP contribution in [0.4, 0.5) is 10.5 Å². The Morgan fingerprint density at radius 1 is 1.25 bits per heavy atom. The molecule has 0 bridgehead atoms. The molecule has 1 aliphatic heterocycles. The van der Waals surface area contributed by atoms with Gasteiger partial charge in [-0.25, -0.2) is 4.79 Å². The van der Waals surface area contributed by atoms with Gasteiger partial charge in [0, 0.05) is 37.8 Å². The Labute approximate surface area is 118 Å². The van der Waals surface area contributed by atoms with Crippen molar-refractivity contribution >= 4 is 22.7 Å². The van der Waals surface area contributed by atoms with Crippen LogP contribution in [0.2, 0.25) is 0 Å². The predicted octanol–water partition coefficient (Wildman–Crippen LogP) is 2.45. The van der Waals surface area contributed by atoms with Crippen LogP contribution in [-0.4, -0.2) is 48.8 Å². The van der Waals surface area contributed by atoms with Crippen molar-refractivity contribution in [2.45, 2.75) is 6.92 Å². The summed E-state index contributed by atoms with van der Waals surface area (Å²) < 4.78 is 5.04. The normalized spacial score (nSPS) is 15.7. The highest BCUT2D eigenvalue weighted by atomic mass is 16.6. The number of para-hydroxylation sites is 1. The van der Waals surface area contributed by atoms with E-state index in [0.717, 1.165) is 18.6 Å². The van der Waals surface area contributed by atoms with Gasteiger partial charge in [0.25, 0.3) is 0 Å². The van der Waals surface area contributed by atoms with Crippen LogP contribution < -0.4 is 4.90 Å². The van der Waals surface area contributed by atoms with E-state index in [4.69, 9.17) is 4.74 Å². The minimum absolute atomic E-state index is 0.203. The van der Waals surface area contributed by atoms with E-state index in [-0.39, 0.29) is 6.09 Å². The first-order chi connectivity index (χ1) is 9.79. The first-order valence-electron chi connectivity index (χ1n) is 7.02. The van der Waals surface area contributed by atoms with Gasteiger partial charge in [0.15, 0.2) is 0 Å².